The van der Waals surface area contributed by atoms with E-state index in [1.165, 1.54) is 11.3 Å². The molecule has 0 bridgehead atoms. The molecule has 0 radical (unpaired) electrons. The van der Waals surface area contributed by atoms with Gasteiger partial charge in [0.25, 0.3) is 0 Å². The average Bonchev–Trinajstić information content (AvgIpc) is 3.33. The Morgan fingerprint density at radius 1 is 1.32 bits per heavy atom. The lowest BCUT2D eigenvalue weighted by Crippen LogP contribution is -2.18. The van der Waals surface area contributed by atoms with E-state index in [-0.39, 0.29) is 12.8 Å². The molecule has 130 valence electrons. The molecular weight excluding hydrogens is 336 g/mol. The zero-order chi connectivity index (χ0) is 17.4. The van der Waals surface area contributed by atoms with E-state index in [1.54, 1.807) is 11.3 Å². The van der Waals surface area contributed by atoms with Crippen LogP contribution in [0.1, 0.15) is 29.9 Å². The minimum absolute atomic E-state index is 0.226. The van der Waals surface area contributed by atoms with Gasteiger partial charge in [-0.1, -0.05) is 0 Å². The number of thiazole rings is 1. The molecule has 0 aliphatic carbocycles. The first kappa shape index (κ1) is 16.1. The molecule has 0 saturated heterocycles. The Bertz CT molecular complexity index is 902. The van der Waals surface area contributed by atoms with E-state index < -0.39 is 0 Å². The van der Waals surface area contributed by atoms with Crippen molar-refractivity contribution in [3.05, 3.63) is 46.7 Å². The summed E-state index contributed by atoms with van der Waals surface area (Å²) in [5.74, 6) is 1.58. The molecule has 1 aliphatic rings. The molecule has 25 heavy (non-hydrogen) atoms. The van der Waals surface area contributed by atoms with Gasteiger partial charge in [0, 0.05) is 41.8 Å². The first-order chi connectivity index (χ1) is 12.1. The quantitative estimate of drug-likeness (QED) is 0.759. The summed E-state index contributed by atoms with van der Waals surface area (Å²) in [4.78, 5) is 4.74. The Labute approximate surface area is 150 Å². The van der Waals surface area contributed by atoms with Crippen molar-refractivity contribution in [2.45, 2.75) is 26.4 Å². The van der Waals surface area contributed by atoms with Crippen molar-refractivity contribution in [1.29, 1.82) is 0 Å². The maximum absolute atomic E-state index is 5.44. The van der Waals surface area contributed by atoms with Crippen LogP contribution in [0.2, 0.25) is 0 Å². The monoisotopic (exact) mass is 356 g/mol. The molecule has 1 unspecified atom stereocenters. The Balaban J connectivity index is 1.44. The standard InChI is InChI=1S/C18H20N4O2S/c1-11(15-8-20-22(3)12(15)2)19-7-14-9-25-18(21-14)13-4-5-16-17(6-13)24-10-23-16/h4-6,8-9,11,19H,7,10H2,1-3H3. The highest BCUT2D eigenvalue weighted by molar-refractivity contribution is 7.13. The minimum atomic E-state index is 0.226. The number of nitrogens with zero attached hydrogens (tertiary/aromatic N) is 3. The van der Waals surface area contributed by atoms with Crippen LogP contribution in [0.25, 0.3) is 10.6 Å². The van der Waals surface area contributed by atoms with Gasteiger partial charge in [0.1, 0.15) is 5.01 Å². The third kappa shape index (κ3) is 3.12. The van der Waals surface area contributed by atoms with Crippen molar-refractivity contribution in [1.82, 2.24) is 20.1 Å². The molecular formula is C18H20N4O2S. The number of nitrogens with one attached hydrogen (secondary N) is 1. The van der Waals surface area contributed by atoms with Gasteiger partial charge in [0.15, 0.2) is 11.5 Å². The van der Waals surface area contributed by atoms with Gasteiger partial charge >= 0.3 is 0 Å². The Morgan fingerprint density at radius 3 is 2.96 bits per heavy atom. The van der Waals surface area contributed by atoms with Crippen LogP contribution in [0.5, 0.6) is 11.5 Å². The summed E-state index contributed by atoms with van der Waals surface area (Å²) in [5.41, 5.74) is 4.48. The fourth-order valence-corrected chi connectivity index (χ4v) is 3.68. The van der Waals surface area contributed by atoms with Gasteiger partial charge in [0.2, 0.25) is 6.79 Å². The largest absolute Gasteiger partial charge is 0.454 e. The highest BCUT2D eigenvalue weighted by Gasteiger charge is 2.16. The second-order valence-electron chi connectivity index (χ2n) is 6.12. The lowest BCUT2D eigenvalue weighted by Gasteiger charge is -2.12. The highest BCUT2D eigenvalue weighted by Crippen LogP contribution is 2.36. The van der Waals surface area contributed by atoms with Gasteiger partial charge in [-0.2, -0.15) is 5.10 Å². The molecule has 0 amide bonds. The first-order valence-electron chi connectivity index (χ1n) is 8.18. The fraction of sp³-hybridized carbons (Fsp3) is 0.333. The second kappa shape index (κ2) is 6.50. The number of fused-ring (bicyclic) bond motifs is 1. The lowest BCUT2D eigenvalue weighted by molar-refractivity contribution is 0.174. The van der Waals surface area contributed by atoms with E-state index in [0.29, 0.717) is 0 Å². The van der Waals surface area contributed by atoms with Gasteiger partial charge in [-0.3, -0.25) is 4.68 Å². The van der Waals surface area contributed by atoms with Crippen LogP contribution in [0, 0.1) is 6.92 Å². The van der Waals surface area contributed by atoms with Crippen LogP contribution in [0.4, 0.5) is 0 Å². The topological polar surface area (TPSA) is 61.2 Å². The van der Waals surface area contributed by atoms with Crippen LogP contribution in [-0.2, 0) is 13.6 Å². The maximum Gasteiger partial charge on any atom is 0.231 e. The molecule has 7 heteroatoms. The predicted molar refractivity (Wildman–Crippen MR) is 96.9 cm³/mol. The summed E-state index contributed by atoms with van der Waals surface area (Å²) < 4.78 is 12.7. The van der Waals surface area contributed by atoms with Crippen LogP contribution in [0.15, 0.2) is 29.8 Å². The molecule has 6 nitrogen and oxygen atoms in total. The van der Waals surface area contributed by atoms with E-state index in [9.17, 15) is 0 Å². The number of aromatic nitrogens is 3. The van der Waals surface area contributed by atoms with Crippen molar-refractivity contribution in [2.75, 3.05) is 6.79 Å². The molecule has 3 aromatic rings. The summed E-state index contributed by atoms with van der Waals surface area (Å²) in [7, 11) is 1.96. The molecule has 0 saturated carbocycles. The first-order valence-corrected chi connectivity index (χ1v) is 9.06. The molecule has 1 aliphatic heterocycles. The van der Waals surface area contributed by atoms with E-state index >= 15 is 0 Å². The Kier molecular flexibility index (Phi) is 4.19. The third-order valence-corrected chi connectivity index (χ3v) is 5.44. The fourth-order valence-electron chi connectivity index (χ4n) is 2.86. The van der Waals surface area contributed by atoms with Crippen molar-refractivity contribution < 1.29 is 9.47 Å². The Hall–Kier alpha value is -2.38. The van der Waals surface area contributed by atoms with E-state index in [2.05, 4.69) is 29.6 Å². The number of rotatable bonds is 5. The highest BCUT2D eigenvalue weighted by atomic mass is 32.1. The average molecular weight is 356 g/mol. The summed E-state index contributed by atoms with van der Waals surface area (Å²) in [6.07, 6.45) is 1.92. The van der Waals surface area contributed by atoms with E-state index in [4.69, 9.17) is 14.5 Å². The molecule has 0 spiro atoms. The van der Waals surface area contributed by atoms with Crippen molar-refractivity contribution >= 4 is 11.3 Å². The van der Waals surface area contributed by atoms with Crippen LogP contribution in [0.3, 0.4) is 0 Å². The van der Waals surface area contributed by atoms with Crippen molar-refractivity contribution in [3.8, 4) is 22.1 Å². The van der Waals surface area contributed by atoms with Crippen LogP contribution in [-0.4, -0.2) is 21.6 Å². The van der Waals surface area contributed by atoms with Crippen LogP contribution < -0.4 is 14.8 Å². The van der Waals surface area contributed by atoms with Crippen molar-refractivity contribution in [2.24, 2.45) is 7.05 Å². The molecule has 1 N–H and O–H groups in total. The molecule has 2 aromatic heterocycles. The molecule has 3 heterocycles. The van der Waals surface area contributed by atoms with Gasteiger partial charge in [0.05, 0.1) is 11.9 Å². The Morgan fingerprint density at radius 2 is 2.16 bits per heavy atom. The van der Waals surface area contributed by atoms with Crippen LogP contribution >= 0.6 is 11.3 Å². The van der Waals surface area contributed by atoms with E-state index in [0.717, 1.165) is 34.3 Å². The van der Waals surface area contributed by atoms with E-state index in [1.807, 2.05) is 36.1 Å². The molecule has 1 atom stereocenters. The molecule has 4 rings (SSSR count). The summed E-state index contributed by atoms with van der Waals surface area (Å²) in [6.45, 7) is 5.24. The zero-order valence-electron chi connectivity index (χ0n) is 14.4. The van der Waals surface area contributed by atoms with Gasteiger partial charge < -0.3 is 14.8 Å². The van der Waals surface area contributed by atoms with Crippen molar-refractivity contribution in [3.63, 3.8) is 0 Å². The number of benzene rings is 1. The molecule has 1 aromatic carbocycles. The number of aryl methyl sites for hydroxylation is 1. The summed E-state index contributed by atoms with van der Waals surface area (Å²) in [5, 5.41) is 10.9. The second-order valence-corrected chi connectivity index (χ2v) is 6.98. The SMILES string of the molecule is Cc1c(C(C)NCc2csc(-c3ccc4c(c3)OCO4)n2)cnn1C. The third-order valence-electron chi connectivity index (χ3n) is 4.50. The summed E-state index contributed by atoms with van der Waals surface area (Å²) in [6, 6.07) is 6.17. The minimum Gasteiger partial charge on any atom is -0.454 e. The number of ether oxygens (including phenoxy) is 2. The predicted octanol–water partition coefficient (Wildman–Crippen LogP) is 3.43. The zero-order valence-corrected chi connectivity index (χ0v) is 15.3. The van der Waals surface area contributed by atoms with Gasteiger partial charge in [-0.05, 0) is 32.0 Å². The molecule has 0 fully saturated rings. The normalized spacial score (nSPS) is 14.0. The smallest absolute Gasteiger partial charge is 0.231 e. The lowest BCUT2D eigenvalue weighted by atomic mass is 10.1. The summed E-state index contributed by atoms with van der Waals surface area (Å²) >= 11 is 1.64. The maximum atomic E-state index is 5.44. The number of hydrogen-bond acceptors (Lipinski definition) is 6. The van der Waals surface area contributed by atoms with Gasteiger partial charge in [-0.15, -0.1) is 11.3 Å². The van der Waals surface area contributed by atoms with Gasteiger partial charge in [-0.25, -0.2) is 4.98 Å². The number of hydrogen-bond donors (Lipinski definition) is 1.